The van der Waals surface area contributed by atoms with Crippen molar-refractivity contribution in [3.8, 4) is 0 Å². The van der Waals surface area contributed by atoms with Gasteiger partial charge in [0.2, 0.25) is 5.91 Å². The summed E-state index contributed by atoms with van der Waals surface area (Å²) in [7, 11) is 0. The second-order valence-corrected chi connectivity index (χ2v) is 3.85. The molecule has 0 atom stereocenters. The van der Waals surface area contributed by atoms with Gasteiger partial charge in [0.25, 0.3) is 0 Å². The molecule has 0 radical (unpaired) electrons. The average Bonchev–Trinajstić information content (AvgIpc) is 2.77. The minimum atomic E-state index is -0.430. The van der Waals surface area contributed by atoms with E-state index in [-0.39, 0.29) is 12.5 Å². The fourth-order valence-electron chi connectivity index (χ4n) is 0.974. The predicted molar refractivity (Wildman–Crippen MR) is 63.0 cm³/mol. The predicted octanol–water partition coefficient (Wildman–Crippen LogP) is 1.44. The number of hydrogen-bond donors (Lipinski definition) is 1. The van der Waals surface area contributed by atoms with Crippen LogP contribution in [-0.2, 0) is 14.3 Å². The molecule has 0 aliphatic rings. The molecule has 1 N–H and O–H groups in total. The molecule has 0 aliphatic carbocycles. The number of rotatable bonds is 5. The highest BCUT2D eigenvalue weighted by Crippen LogP contribution is 2.09. The smallest absolute Gasteiger partial charge is 0.325 e. The third-order valence-corrected chi connectivity index (χ3v) is 2.49. The van der Waals surface area contributed by atoms with Crippen molar-refractivity contribution >= 4 is 29.3 Å². The van der Waals surface area contributed by atoms with E-state index in [9.17, 15) is 9.59 Å². The molecular formula is C11H13NO3S. The molecule has 0 aromatic carbocycles. The lowest BCUT2D eigenvalue weighted by atomic mass is 10.4. The van der Waals surface area contributed by atoms with E-state index in [0.717, 1.165) is 4.88 Å². The first-order chi connectivity index (χ1) is 7.72. The van der Waals surface area contributed by atoms with Gasteiger partial charge in [-0.25, -0.2) is 0 Å². The molecule has 1 rings (SSSR count). The Morgan fingerprint density at radius 3 is 3.00 bits per heavy atom. The summed E-state index contributed by atoms with van der Waals surface area (Å²) in [4.78, 5) is 23.2. The summed E-state index contributed by atoms with van der Waals surface area (Å²) in [5, 5.41) is 4.36. The van der Waals surface area contributed by atoms with E-state index in [2.05, 4.69) is 10.1 Å². The summed E-state index contributed by atoms with van der Waals surface area (Å²) in [6.45, 7) is 1.94. The Morgan fingerprint density at radius 1 is 1.56 bits per heavy atom. The Balaban J connectivity index is 2.28. The first-order valence-electron chi connectivity index (χ1n) is 4.87. The zero-order valence-corrected chi connectivity index (χ0v) is 9.75. The molecule has 16 heavy (non-hydrogen) atoms. The maximum Gasteiger partial charge on any atom is 0.325 e. The molecule has 0 unspecified atom stereocenters. The van der Waals surface area contributed by atoms with Crippen LogP contribution in [-0.4, -0.2) is 25.0 Å². The van der Waals surface area contributed by atoms with Gasteiger partial charge in [-0.1, -0.05) is 6.07 Å². The van der Waals surface area contributed by atoms with Gasteiger partial charge in [0.15, 0.2) is 0 Å². The molecule has 0 aliphatic heterocycles. The molecule has 1 heterocycles. The van der Waals surface area contributed by atoms with Crippen LogP contribution in [0.25, 0.3) is 6.08 Å². The van der Waals surface area contributed by atoms with E-state index in [4.69, 9.17) is 0 Å². The normalized spacial score (nSPS) is 10.3. The number of nitrogens with one attached hydrogen (secondary N) is 1. The van der Waals surface area contributed by atoms with Crippen molar-refractivity contribution in [1.82, 2.24) is 5.32 Å². The van der Waals surface area contributed by atoms with Crippen molar-refractivity contribution < 1.29 is 14.3 Å². The number of hydrogen-bond acceptors (Lipinski definition) is 4. The van der Waals surface area contributed by atoms with Gasteiger partial charge in [-0.2, -0.15) is 0 Å². The van der Waals surface area contributed by atoms with Crippen molar-refractivity contribution in [1.29, 1.82) is 0 Å². The first kappa shape index (κ1) is 12.4. The third-order valence-electron chi connectivity index (χ3n) is 1.65. The Kier molecular flexibility index (Phi) is 5.28. The summed E-state index contributed by atoms with van der Waals surface area (Å²) >= 11 is 1.54. The first-order valence-corrected chi connectivity index (χ1v) is 5.75. The maximum atomic E-state index is 11.2. The quantitative estimate of drug-likeness (QED) is 0.625. The van der Waals surface area contributed by atoms with Gasteiger partial charge in [-0.3, -0.25) is 9.59 Å². The molecule has 1 aromatic rings. The molecule has 4 nitrogen and oxygen atoms in total. The van der Waals surface area contributed by atoms with Crippen LogP contribution in [0.4, 0.5) is 0 Å². The molecule has 0 spiro atoms. The SMILES string of the molecule is CCOC(=O)CNC(=O)/C=C\c1cccs1. The largest absolute Gasteiger partial charge is 0.465 e. The van der Waals surface area contributed by atoms with Crippen LogP contribution >= 0.6 is 11.3 Å². The highest BCUT2D eigenvalue weighted by molar-refractivity contribution is 7.10. The highest BCUT2D eigenvalue weighted by Gasteiger charge is 2.02. The van der Waals surface area contributed by atoms with Crippen LogP contribution in [0.1, 0.15) is 11.8 Å². The Bertz CT molecular complexity index is 371. The summed E-state index contributed by atoms with van der Waals surface area (Å²) in [6.07, 6.45) is 3.09. The van der Waals surface area contributed by atoms with E-state index in [1.807, 2.05) is 17.5 Å². The Morgan fingerprint density at radius 2 is 2.38 bits per heavy atom. The van der Waals surface area contributed by atoms with Crippen LogP contribution in [0.5, 0.6) is 0 Å². The standard InChI is InChI=1S/C11H13NO3S/c1-2-15-11(14)8-12-10(13)6-5-9-4-3-7-16-9/h3-7H,2,8H2,1H3,(H,12,13)/b6-5-. The van der Waals surface area contributed by atoms with E-state index < -0.39 is 5.97 Å². The van der Waals surface area contributed by atoms with Crippen LogP contribution in [0.15, 0.2) is 23.6 Å². The third kappa shape index (κ3) is 4.75. The molecule has 0 fully saturated rings. The second-order valence-electron chi connectivity index (χ2n) is 2.87. The Hall–Kier alpha value is -1.62. The van der Waals surface area contributed by atoms with Crippen molar-refractivity contribution in [2.45, 2.75) is 6.92 Å². The van der Waals surface area contributed by atoms with Crippen LogP contribution < -0.4 is 5.32 Å². The second kappa shape index (κ2) is 6.79. The number of thiophene rings is 1. The summed E-state index contributed by atoms with van der Waals surface area (Å²) < 4.78 is 4.67. The number of carbonyl (C=O) groups excluding carboxylic acids is 2. The number of amides is 1. The topological polar surface area (TPSA) is 55.4 Å². The van der Waals surface area contributed by atoms with E-state index in [0.29, 0.717) is 6.61 Å². The van der Waals surface area contributed by atoms with Crippen molar-refractivity contribution in [2.75, 3.05) is 13.2 Å². The highest BCUT2D eigenvalue weighted by atomic mass is 32.1. The van der Waals surface area contributed by atoms with Crippen molar-refractivity contribution in [2.24, 2.45) is 0 Å². The van der Waals surface area contributed by atoms with Crippen molar-refractivity contribution in [3.05, 3.63) is 28.5 Å². The summed E-state index contributed by atoms with van der Waals surface area (Å²) in [6, 6.07) is 3.81. The molecule has 1 aromatic heterocycles. The zero-order chi connectivity index (χ0) is 11.8. The van der Waals surface area contributed by atoms with E-state index in [1.54, 1.807) is 13.0 Å². The fourth-order valence-corrected chi connectivity index (χ4v) is 1.59. The molecule has 5 heteroatoms. The zero-order valence-electron chi connectivity index (χ0n) is 8.93. The molecule has 0 bridgehead atoms. The number of esters is 1. The maximum absolute atomic E-state index is 11.2. The Labute approximate surface area is 97.9 Å². The van der Waals surface area contributed by atoms with Gasteiger partial charge >= 0.3 is 5.97 Å². The minimum absolute atomic E-state index is 0.0958. The summed E-state index contributed by atoms with van der Waals surface area (Å²) in [5.74, 6) is -0.734. The lowest BCUT2D eigenvalue weighted by molar-refractivity contribution is -0.143. The van der Waals surface area contributed by atoms with Gasteiger partial charge < -0.3 is 10.1 Å². The van der Waals surface area contributed by atoms with Crippen molar-refractivity contribution in [3.63, 3.8) is 0 Å². The molecular weight excluding hydrogens is 226 g/mol. The van der Waals surface area contributed by atoms with Gasteiger partial charge in [0.05, 0.1) is 6.61 Å². The van der Waals surface area contributed by atoms with Crippen LogP contribution in [0, 0.1) is 0 Å². The van der Waals surface area contributed by atoms with Crippen LogP contribution in [0.3, 0.4) is 0 Å². The van der Waals surface area contributed by atoms with E-state index >= 15 is 0 Å². The van der Waals surface area contributed by atoms with E-state index in [1.165, 1.54) is 17.4 Å². The molecule has 86 valence electrons. The van der Waals surface area contributed by atoms with Gasteiger partial charge in [-0.05, 0) is 24.4 Å². The lowest BCUT2D eigenvalue weighted by Crippen LogP contribution is -2.29. The number of carbonyl (C=O) groups is 2. The van der Waals surface area contributed by atoms with Gasteiger partial charge in [-0.15, -0.1) is 11.3 Å². The molecule has 0 saturated carbocycles. The summed E-state index contributed by atoms with van der Waals surface area (Å²) in [5.41, 5.74) is 0. The molecule has 1 amide bonds. The van der Waals surface area contributed by atoms with Gasteiger partial charge in [0.1, 0.15) is 6.54 Å². The molecule has 0 saturated heterocycles. The van der Waals surface area contributed by atoms with Crippen LogP contribution in [0.2, 0.25) is 0 Å². The minimum Gasteiger partial charge on any atom is -0.465 e. The average molecular weight is 239 g/mol. The fraction of sp³-hybridized carbons (Fsp3) is 0.273. The van der Waals surface area contributed by atoms with Gasteiger partial charge in [0, 0.05) is 11.0 Å². The number of ether oxygens (including phenoxy) is 1. The lowest BCUT2D eigenvalue weighted by Gasteiger charge is -2.01. The monoisotopic (exact) mass is 239 g/mol.